The van der Waals surface area contributed by atoms with Gasteiger partial charge in [-0.2, -0.15) is 0 Å². The van der Waals surface area contributed by atoms with E-state index in [2.05, 4.69) is 67.2 Å². The molecular formula is C25H33ClN2O2S. The number of aryl methyl sites for hydroxylation is 2. The van der Waals surface area contributed by atoms with Crippen molar-refractivity contribution in [2.75, 3.05) is 13.1 Å². The van der Waals surface area contributed by atoms with Gasteiger partial charge in [-0.3, -0.25) is 9.69 Å². The Morgan fingerprint density at radius 1 is 1.16 bits per heavy atom. The van der Waals surface area contributed by atoms with Gasteiger partial charge in [0.05, 0.1) is 5.92 Å². The number of hydrogen-bond acceptors (Lipinski definition) is 4. The van der Waals surface area contributed by atoms with E-state index >= 15 is 0 Å². The van der Waals surface area contributed by atoms with Gasteiger partial charge in [0.2, 0.25) is 0 Å². The molecule has 1 heterocycles. The Morgan fingerprint density at radius 2 is 1.84 bits per heavy atom. The molecule has 0 aliphatic carbocycles. The van der Waals surface area contributed by atoms with Crippen LogP contribution in [0.25, 0.3) is 0 Å². The number of nitrogens with zero attached hydrogens (tertiary/aromatic N) is 2. The molecule has 1 N–H and O–H groups in total. The van der Waals surface area contributed by atoms with Gasteiger partial charge >= 0.3 is 5.97 Å². The summed E-state index contributed by atoms with van der Waals surface area (Å²) in [5, 5.41) is 10.2. The van der Waals surface area contributed by atoms with Crippen molar-refractivity contribution in [3.05, 3.63) is 63.7 Å². The number of carbonyl (C=O) groups is 1. The average Bonchev–Trinajstić information content (AvgIpc) is 2.69. The van der Waals surface area contributed by atoms with Gasteiger partial charge in [-0.15, -0.1) is 0 Å². The molecule has 1 aliphatic rings. The summed E-state index contributed by atoms with van der Waals surface area (Å²) in [5.74, 6) is -1.14. The Balaban J connectivity index is 1.71. The van der Waals surface area contributed by atoms with Crippen molar-refractivity contribution in [3.8, 4) is 0 Å². The molecule has 0 bridgehead atoms. The van der Waals surface area contributed by atoms with E-state index in [1.807, 2.05) is 6.07 Å². The smallest absolute Gasteiger partial charge is 0.306 e. The molecule has 1 fully saturated rings. The van der Waals surface area contributed by atoms with Crippen LogP contribution in [0, 0.1) is 19.8 Å². The van der Waals surface area contributed by atoms with Crippen molar-refractivity contribution in [1.29, 1.82) is 0 Å². The minimum Gasteiger partial charge on any atom is -0.481 e. The van der Waals surface area contributed by atoms with Gasteiger partial charge in [-0.1, -0.05) is 42.8 Å². The lowest BCUT2D eigenvalue weighted by Crippen LogP contribution is -2.53. The standard InChI is InChI=1S/C25H33ClN2O2S/c1-16-7-6-8-24(22(16)12-18(3)25(29)30)31-28-19(4)13-27(14-20(28)5)15-21-9-10-23(26)17(2)11-21/h6-11,18-20H,12-15H2,1-5H3,(H,29,30). The van der Waals surface area contributed by atoms with Crippen LogP contribution >= 0.6 is 23.5 Å². The molecule has 0 saturated carbocycles. The maximum absolute atomic E-state index is 11.4. The molecule has 0 spiro atoms. The molecule has 0 aromatic heterocycles. The van der Waals surface area contributed by atoms with E-state index in [0.717, 1.165) is 41.3 Å². The number of carboxylic acid groups (broad SMARTS) is 1. The highest BCUT2D eigenvalue weighted by Crippen LogP contribution is 2.35. The third-order valence-electron chi connectivity index (χ3n) is 6.05. The van der Waals surface area contributed by atoms with Crippen molar-refractivity contribution in [3.63, 3.8) is 0 Å². The highest BCUT2D eigenvalue weighted by Gasteiger charge is 2.31. The van der Waals surface area contributed by atoms with Crippen LogP contribution in [-0.4, -0.2) is 45.5 Å². The predicted molar refractivity (Wildman–Crippen MR) is 130 cm³/mol. The molecule has 2 aromatic rings. The van der Waals surface area contributed by atoms with E-state index in [-0.39, 0.29) is 0 Å². The van der Waals surface area contributed by atoms with E-state index in [1.54, 1.807) is 18.9 Å². The molecule has 0 amide bonds. The Bertz CT molecular complexity index is 924. The van der Waals surface area contributed by atoms with Gasteiger partial charge in [0.25, 0.3) is 0 Å². The number of aliphatic carboxylic acids is 1. The summed E-state index contributed by atoms with van der Waals surface area (Å²) in [7, 11) is 0. The third-order valence-corrected chi connectivity index (χ3v) is 7.98. The van der Waals surface area contributed by atoms with Crippen LogP contribution in [0.3, 0.4) is 0 Å². The van der Waals surface area contributed by atoms with Gasteiger partial charge in [0.1, 0.15) is 0 Å². The lowest BCUT2D eigenvalue weighted by atomic mass is 9.97. The lowest BCUT2D eigenvalue weighted by Gasteiger charge is -2.43. The van der Waals surface area contributed by atoms with Crippen LogP contribution in [-0.2, 0) is 17.8 Å². The maximum atomic E-state index is 11.4. The summed E-state index contributed by atoms with van der Waals surface area (Å²) >= 11 is 7.97. The number of halogens is 1. The second-order valence-corrected chi connectivity index (χ2v) is 10.4. The highest BCUT2D eigenvalue weighted by molar-refractivity contribution is 7.97. The summed E-state index contributed by atoms with van der Waals surface area (Å²) in [6.07, 6.45) is 0.559. The molecule has 168 valence electrons. The molecule has 0 radical (unpaired) electrons. The maximum Gasteiger partial charge on any atom is 0.306 e. The van der Waals surface area contributed by atoms with Crippen LogP contribution in [0.15, 0.2) is 41.3 Å². The minimum absolute atomic E-state index is 0.382. The molecule has 3 rings (SSSR count). The largest absolute Gasteiger partial charge is 0.481 e. The van der Waals surface area contributed by atoms with Crippen molar-refractivity contribution in [2.24, 2.45) is 5.92 Å². The Morgan fingerprint density at radius 3 is 2.45 bits per heavy atom. The van der Waals surface area contributed by atoms with Crippen molar-refractivity contribution < 1.29 is 9.90 Å². The van der Waals surface area contributed by atoms with Gasteiger partial charge < -0.3 is 5.11 Å². The number of rotatable bonds is 7. The molecule has 3 unspecified atom stereocenters. The van der Waals surface area contributed by atoms with Gasteiger partial charge in [-0.05, 0) is 80.5 Å². The lowest BCUT2D eigenvalue weighted by molar-refractivity contribution is -0.141. The number of piperazine rings is 1. The molecular weight excluding hydrogens is 428 g/mol. The number of hydrogen-bond donors (Lipinski definition) is 1. The van der Waals surface area contributed by atoms with Crippen molar-refractivity contribution in [2.45, 2.75) is 64.6 Å². The van der Waals surface area contributed by atoms with Crippen LogP contribution in [0.1, 0.15) is 43.0 Å². The van der Waals surface area contributed by atoms with Crippen LogP contribution in [0.5, 0.6) is 0 Å². The molecule has 6 heteroatoms. The van der Waals surface area contributed by atoms with Crippen molar-refractivity contribution in [1.82, 2.24) is 9.21 Å². The highest BCUT2D eigenvalue weighted by atomic mass is 35.5. The first-order chi connectivity index (χ1) is 14.7. The number of carboxylic acids is 1. The zero-order valence-electron chi connectivity index (χ0n) is 19.1. The van der Waals surface area contributed by atoms with Crippen molar-refractivity contribution >= 4 is 29.5 Å². The third kappa shape index (κ3) is 6.04. The molecule has 2 aromatic carbocycles. The molecule has 4 nitrogen and oxygen atoms in total. The van der Waals surface area contributed by atoms with Crippen LogP contribution < -0.4 is 0 Å². The minimum atomic E-state index is -0.744. The first kappa shape index (κ1) is 24.1. The summed E-state index contributed by atoms with van der Waals surface area (Å²) in [5.41, 5.74) is 4.74. The number of benzene rings is 2. The van der Waals surface area contributed by atoms with Gasteiger partial charge in [-0.25, -0.2) is 4.31 Å². The SMILES string of the molecule is Cc1cc(CN2CC(C)N(Sc3cccc(C)c3CC(C)C(=O)O)C(C)C2)ccc1Cl. The topological polar surface area (TPSA) is 43.8 Å². The molecule has 31 heavy (non-hydrogen) atoms. The second-order valence-electron chi connectivity index (χ2n) is 8.92. The summed E-state index contributed by atoms with van der Waals surface area (Å²) in [6.45, 7) is 13.4. The molecule has 1 saturated heterocycles. The van der Waals surface area contributed by atoms with E-state index in [0.29, 0.717) is 18.5 Å². The van der Waals surface area contributed by atoms with E-state index in [9.17, 15) is 9.90 Å². The Kier molecular flexibility index (Phi) is 8.08. The predicted octanol–water partition coefficient (Wildman–Crippen LogP) is 5.82. The zero-order valence-corrected chi connectivity index (χ0v) is 20.6. The second kappa shape index (κ2) is 10.4. The summed E-state index contributed by atoms with van der Waals surface area (Å²) < 4.78 is 2.48. The van der Waals surface area contributed by atoms with E-state index in [1.165, 1.54) is 10.5 Å². The Hall–Kier alpha value is -1.53. The molecule has 3 atom stereocenters. The average molecular weight is 461 g/mol. The molecule has 1 aliphatic heterocycles. The van der Waals surface area contributed by atoms with Gasteiger partial charge in [0, 0.05) is 41.6 Å². The first-order valence-electron chi connectivity index (χ1n) is 10.9. The normalized spacial score (nSPS) is 21.2. The van der Waals surface area contributed by atoms with Crippen LogP contribution in [0.2, 0.25) is 5.02 Å². The summed E-state index contributed by atoms with van der Waals surface area (Å²) in [6, 6.07) is 13.3. The quantitative estimate of drug-likeness (QED) is 0.527. The van der Waals surface area contributed by atoms with E-state index < -0.39 is 11.9 Å². The zero-order chi connectivity index (χ0) is 22.7. The first-order valence-corrected chi connectivity index (χ1v) is 12.1. The fraction of sp³-hybridized carbons (Fsp3) is 0.480. The van der Waals surface area contributed by atoms with Gasteiger partial charge in [0.15, 0.2) is 0 Å². The fourth-order valence-corrected chi connectivity index (χ4v) is 5.65. The summed E-state index contributed by atoms with van der Waals surface area (Å²) in [4.78, 5) is 15.1. The fourth-order valence-electron chi connectivity index (χ4n) is 4.32. The van der Waals surface area contributed by atoms with Crippen LogP contribution in [0.4, 0.5) is 0 Å². The van der Waals surface area contributed by atoms with E-state index in [4.69, 9.17) is 11.6 Å². The monoisotopic (exact) mass is 460 g/mol. The Labute approximate surface area is 195 Å².